The second-order valence-corrected chi connectivity index (χ2v) is 9.33. The largest absolute Gasteiger partial charge is 0.449 e. The first-order chi connectivity index (χ1) is 12.2. The fourth-order valence-corrected chi connectivity index (χ4v) is 3.95. The zero-order valence-corrected chi connectivity index (χ0v) is 16.3. The van der Waals surface area contributed by atoms with Gasteiger partial charge >= 0.3 is 5.97 Å². The van der Waals surface area contributed by atoms with E-state index in [2.05, 4.69) is 12.2 Å². The third-order valence-electron chi connectivity index (χ3n) is 4.71. The van der Waals surface area contributed by atoms with E-state index in [4.69, 9.17) is 4.74 Å². The van der Waals surface area contributed by atoms with Gasteiger partial charge in [-0.25, -0.2) is 13.2 Å². The lowest BCUT2D eigenvalue weighted by atomic mass is 9.86. The molecule has 1 amide bonds. The molecule has 3 atom stereocenters. The molecule has 0 unspecified atom stereocenters. The van der Waals surface area contributed by atoms with Gasteiger partial charge in [-0.1, -0.05) is 31.9 Å². The Labute approximate surface area is 155 Å². The highest BCUT2D eigenvalue weighted by Gasteiger charge is 2.26. The summed E-state index contributed by atoms with van der Waals surface area (Å²) >= 11 is 0. The molecule has 1 N–H and O–H groups in total. The molecule has 0 heterocycles. The minimum atomic E-state index is -3.13. The van der Waals surface area contributed by atoms with Crippen molar-refractivity contribution in [1.82, 2.24) is 5.32 Å². The highest BCUT2D eigenvalue weighted by Crippen LogP contribution is 2.23. The van der Waals surface area contributed by atoms with Crippen molar-refractivity contribution in [2.75, 3.05) is 6.26 Å². The number of amides is 1. The molecule has 144 valence electrons. The van der Waals surface area contributed by atoms with Crippen molar-refractivity contribution >= 4 is 21.7 Å². The van der Waals surface area contributed by atoms with Crippen molar-refractivity contribution < 1.29 is 22.7 Å². The van der Waals surface area contributed by atoms with Gasteiger partial charge in [0, 0.05) is 12.3 Å². The molecule has 0 aliphatic heterocycles. The maximum atomic E-state index is 12.3. The first-order valence-electron chi connectivity index (χ1n) is 8.94. The molecule has 1 aromatic rings. The third-order valence-corrected chi connectivity index (χ3v) is 5.57. The maximum absolute atomic E-state index is 12.3. The molecule has 1 aliphatic rings. The average Bonchev–Trinajstić information content (AvgIpc) is 2.56. The van der Waals surface area contributed by atoms with Gasteiger partial charge in [0.2, 0.25) is 0 Å². The van der Waals surface area contributed by atoms with E-state index < -0.39 is 21.9 Å². The quantitative estimate of drug-likeness (QED) is 0.765. The van der Waals surface area contributed by atoms with Crippen molar-refractivity contribution in [2.45, 2.75) is 57.4 Å². The molecular weight excluding hydrogens is 354 g/mol. The lowest BCUT2D eigenvalue weighted by Crippen LogP contribution is -2.45. The molecule has 0 spiro atoms. The van der Waals surface area contributed by atoms with E-state index in [1.165, 1.54) is 18.6 Å². The number of nitrogens with one attached hydrogen (secondary N) is 1. The summed E-state index contributed by atoms with van der Waals surface area (Å²) in [7, 11) is -3.13. The molecule has 1 saturated carbocycles. The Morgan fingerprint density at radius 2 is 1.81 bits per heavy atom. The van der Waals surface area contributed by atoms with Crippen LogP contribution < -0.4 is 5.32 Å². The monoisotopic (exact) mass is 381 g/mol. The van der Waals surface area contributed by atoms with Crippen LogP contribution in [-0.2, 0) is 25.1 Å². The predicted octanol–water partition coefficient (Wildman–Crippen LogP) is 2.47. The van der Waals surface area contributed by atoms with Crippen molar-refractivity contribution in [3.05, 3.63) is 35.4 Å². The molecule has 7 heteroatoms. The number of hydrogen-bond acceptors (Lipinski definition) is 5. The summed E-state index contributed by atoms with van der Waals surface area (Å²) in [6.45, 7) is 3.68. The van der Waals surface area contributed by atoms with Crippen LogP contribution in [0.15, 0.2) is 24.3 Å². The fourth-order valence-electron chi connectivity index (χ4n) is 3.15. The van der Waals surface area contributed by atoms with Crippen molar-refractivity contribution in [1.29, 1.82) is 0 Å². The molecule has 2 rings (SSSR count). The standard InChI is InChI=1S/C19H27NO5S/c1-13-6-4-5-7-17(13)20-18(21)14(2)25-19(22)16-10-8-15(9-11-16)12-26(3,23)24/h8-11,13-14,17H,4-7,12H2,1-3H3,(H,20,21)/t13-,14-,17+/m1/s1. The molecule has 0 saturated heterocycles. The van der Waals surface area contributed by atoms with E-state index in [1.54, 1.807) is 19.1 Å². The summed E-state index contributed by atoms with van der Waals surface area (Å²) in [4.78, 5) is 24.5. The van der Waals surface area contributed by atoms with Crippen molar-refractivity contribution in [3.8, 4) is 0 Å². The number of rotatable bonds is 6. The number of ether oxygens (including phenoxy) is 1. The minimum absolute atomic E-state index is 0.0826. The molecule has 1 aromatic carbocycles. The van der Waals surface area contributed by atoms with E-state index in [1.807, 2.05) is 0 Å². The Morgan fingerprint density at radius 1 is 1.19 bits per heavy atom. The molecule has 0 aromatic heterocycles. The van der Waals surface area contributed by atoms with Crippen LogP contribution in [0.5, 0.6) is 0 Å². The topological polar surface area (TPSA) is 89.5 Å². The van der Waals surface area contributed by atoms with E-state index in [-0.39, 0.29) is 23.3 Å². The number of esters is 1. The first-order valence-corrected chi connectivity index (χ1v) is 11.0. The van der Waals surface area contributed by atoms with Gasteiger partial charge in [-0.15, -0.1) is 0 Å². The summed E-state index contributed by atoms with van der Waals surface area (Å²) in [5.41, 5.74) is 0.883. The van der Waals surface area contributed by atoms with Crippen molar-refractivity contribution in [3.63, 3.8) is 0 Å². The van der Waals surface area contributed by atoms with Gasteiger partial charge in [-0.2, -0.15) is 0 Å². The minimum Gasteiger partial charge on any atom is -0.449 e. The summed E-state index contributed by atoms with van der Waals surface area (Å²) in [5, 5.41) is 2.98. The van der Waals surface area contributed by atoms with Crippen LogP contribution in [-0.4, -0.2) is 38.7 Å². The van der Waals surface area contributed by atoms with E-state index >= 15 is 0 Å². The number of sulfone groups is 1. The number of carbonyl (C=O) groups excluding carboxylic acids is 2. The van der Waals surface area contributed by atoms with Gasteiger partial charge in [-0.05, 0) is 43.4 Å². The zero-order valence-electron chi connectivity index (χ0n) is 15.5. The molecule has 1 aliphatic carbocycles. The highest BCUT2D eigenvalue weighted by atomic mass is 32.2. The van der Waals surface area contributed by atoms with E-state index in [0.29, 0.717) is 11.5 Å². The van der Waals surface area contributed by atoms with Gasteiger partial charge in [0.25, 0.3) is 5.91 Å². The summed E-state index contributed by atoms with van der Waals surface area (Å²) in [5.74, 6) is -0.542. The fraction of sp³-hybridized carbons (Fsp3) is 0.579. The van der Waals surface area contributed by atoms with Gasteiger partial charge in [0.15, 0.2) is 15.9 Å². The van der Waals surface area contributed by atoms with Crippen LogP contribution in [0.4, 0.5) is 0 Å². The Kier molecular flexibility index (Phi) is 6.81. The number of benzene rings is 1. The van der Waals surface area contributed by atoms with Crippen LogP contribution in [0.1, 0.15) is 55.5 Å². The van der Waals surface area contributed by atoms with E-state index in [0.717, 1.165) is 25.5 Å². The number of carbonyl (C=O) groups is 2. The summed E-state index contributed by atoms with van der Waals surface area (Å²) in [6.07, 6.45) is 4.61. The molecule has 6 nitrogen and oxygen atoms in total. The SMILES string of the molecule is C[C@@H]1CCCC[C@@H]1NC(=O)[C@@H](C)OC(=O)c1ccc(CS(C)(=O)=O)cc1. The summed E-state index contributed by atoms with van der Waals surface area (Å²) < 4.78 is 27.8. The molecule has 0 radical (unpaired) electrons. The van der Waals surface area contributed by atoms with Crippen molar-refractivity contribution in [2.24, 2.45) is 5.92 Å². The van der Waals surface area contributed by atoms with Gasteiger partial charge in [0.1, 0.15) is 0 Å². The third kappa shape index (κ3) is 6.12. The Morgan fingerprint density at radius 3 is 2.38 bits per heavy atom. The second-order valence-electron chi connectivity index (χ2n) is 7.19. The normalized spacial score (nSPS) is 21.7. The second kappa shape index (κ2) is 8.66. The Bertz CT molecular complexity index is 742. The van der Waals surface area contributed by atoms with Crippen LogP contribution in [0.3, 0.4) is 0 Å². The maximum Gasteiger partial charge on any atom is 0.338 e. The lowest BCUT2D eigenvalue weighted by Gasteiger charge is -2.30. The highest BCUT2D eigenvalue weighted by molar-refractivity contribution is 7.89. The molecule has 0 bridgehead atoms. The van der Waals surface area contributed by atoms with Crippen LogP contribution >= 0.6 is 0 Å². The number of hydrogen-bond donors (Lipinski definition) is 1. The molecule has 26 heavy (non-hydrogen) atoms. The Hall–Kier alpha value is -1.89. The van der Waals surface area contributed by atoms with Crippen LogP contribution in [0.25, 0.3) is 0 Å². The molecule has 1 fully saturated rings. The van der Waals surface area contributed by atoms with Gasteiger partial charge in [-0.3, -0.25) is 4.79 Å². The lowest BCUT2D eigenvalue weighted by molar-refractivity contribution is -0.130. The zero-order chi connectivity index (χ0) is 19.3. The summed E-state index contributed by atoms with van der Waals surface area (Å²) in [6, 6.07) is 6.30. The smallest absolute Gasteiger partial charge is 0.338 e. The predicted molar refractivity (Wildman–Crippen MR) is 99.4 cm³/mol. The van der Waals surface area contributed by atoms with E-state index in [9.17, 15) is 18.0 Å². The van der Waals surface area contributed by atoms with Gasteiger partial charge < -0.3 is 10.1 Å². The van der Waals surface area contributed by atoms with Crippen LogP contribution in [0, 0.1) is 5.92 Å². The van der Waals surface area contributed by atoms with Gasteiger partial charge in [0.05, 0.1) is 11.3 Å². The molecular formula is C19H27NO5S. The van der Waals surface area contributed by atoms with Crippen LogP contribution in [0.2, 0.25) is 0 Å². The first kappa shape index (κ1) is 20.4. The Balaban J connectivity index is 1.90. The average molecular weight is 381 g/mol.